The number of alkyl halides is 2. The van der Waals surface area contributed by atoms with Gasteiger partial charge in [-0.1, -0.05) is 28.1 Å². The number of halogens is 3. The highest BCUT2D eigenvalue weighted by atomic mass is 79.9. The second kappa shape index (κ2) is 9.38. The monoisotopic (exact) mass is 386 g/mol. The molecule has 1 aliphatic rings. The Balaban J connectivity index is 2.74. The minimum atomic E-state index is -2.53. The summed E-state index contributed by atoms with van der Waals surface area (Å²) >= 11 is 3.27. The van der Waals surface area contributed by atoms with Gasteiger partial charge in [-0.25, -0.2) is 8.78 Å². The summed E-state index contributed by atoms with van der Waals surface area (Å²) < 4.78 is 30.2. The van der Waals surface area contributed by atoms with Gasteiger partial charge in [0.05, 0.1) is 6.10 Å². The van der Waals surface area contributed by atoms with E-state index in [1.165, 1.54) is 12.3 Å². The number of ether oxygens (including phenoxy) is 1. The summed E-state index contributed by atoms with van der Waals surface area (Å²) in [6, 6.07) is 1.84. The average Bonchev–Trinajstić information content (AvgIpc) is 2.49. The van der Waals surface area contributed by atoms with Gasteiger partial charge >= 0.3 is 0 Å². The Bertz CT molecular complexity index is 602. The fraction of sp³-hybridized carbons (Fsp3) is 0.375. The Morgan fingerprint density at radius 3 is 2.83 bits per heavy atom. The van der Waals surface area contributed by atoms with Gasteiger partial charge in [0, 0.05) is 31.2 Å². The van der Waals surface area contributed by atoms with Gasteiger partial charge in [0.2, 0.25) is 0 Å². The van der Waals surface area contributed by atoms with Crippen molar-refractivity contribution in [2.24, 2.45) is 0 Å². The van der Waals surface area contributed by atoms with E-state index in [9.17, 15) is 13.6 Å². The van der Waals surface area contributed by atoms with E-state index in [4.69, 9.17) is 10.00 Å². The molecule has 0 aromatic heterocycles. The predicted octanol–water partition coefficient (Wildman–Crippen LogP) is 3.34. The van der Waals surface area contributed by atoms with Gasteiger partial charge in [-0.05, 0) is 17.7 Å². The van der Waals surface area contributed by atoms with Crippen LogP contribution in [0.4, 0.5) is 8.78 Å². The zero-order valence-corrected chi connectivity index (χ0v) is 14.4. The summed E-state index contributed by atoms with van der Waals surface area (Å²) in [6.45, 7) is -0.645. The first kappa shape index (κ1) is 19.3. The quantitative estimate of drug-likeness (QED) is 0.497. The van der Waals surface area contributed by atoms with Crippen molar-refractivity contribution in [1.82, 2.24) is 4.90 Å². The van der Waals surface area contributed by atoms with Crippen molar-refractivity contribution in [3.63, 3.8) is 0 Å². The van der Waals surface area contributed by atoms with Crippen LogP contribution in [0.3, 0.4) is 0 Å². The number of rotatable bonds is 7. The van der Waals surface area contributed by atoms with Crippen molar-refractivity contribution in [2.75, 3.05) is 20.7 Å². The van der Waals surface area contributed by atoms with Crippen LogP contribution in [0.25, 0.3) is 0 Å². The van der Waals surface area contributed by atoms with Gasteiger partial charge in [0.1, 0.15) is 18.2 Å². The minimum absolute atomic E-state index is 0.0184. The van der Waals surface area contributed by atoms with Crippen LogP contribution in [-0.2, 0) is 9.53 Å². The molecule has 1 rings (SSSR count). The number of carbonyl (C=O) groups is 1. The molecule has 1 aliphatic carbocycles. The molecular weight excluding hydrogens is 370 g/mol. The van der Waals surface area contributed by atoms with Gasteiger partial charge in [-0.2, -0.15) is 5.26 Å². The predicted molar refractivity (Wildman–Crippen MR) is 87.0 cm³/mol. The Labute approximate surface area is 142 Å². The van der Waals surface area contributed by atoms with E-state index in [1.807, 2.05) is 6.07 Å². The maximum Gasteiger partial charge on any atom is 0.261 e. The van der Waals surface area contributed by atoms with E-state index >= 15 is 0 Å². The molecule has 0 amide bonds. The lowest BCUT2D eigenvalue weighted by Crippen LogP contribution is -2.19. The summed E-state index contributed by atoms with van der Waals surface area (Å²) in [7, 11) is 3.43. The van der Waals surface area contributed by atoms with E-state index in [2.05, 4.69) is 15.9 Å². The van der Waals surface area contributed by atoms with Gasteiger partial charge in [0.25, 0.3) is 6.43 Å². The van der Waals surface area contributed by atoms with Crippen molar-refractivity contribution >= 4 is 21.7 Å². The first-order chi connectivity index (χ1) is 10.8. The van der Waals surface area contributed by atoms with Crippen LogP contribution in [0.15, 0.2) is 46.1 Å². The molecule has 0 saturated heterocycles. The first-order valence-electron chi connectivity index (χ1n) is 6.80. The summed E-state index contributed by atoms with van der Waals surface area (Å²) in [4.78, 5) is 13.5. The largest absolute Gasteiger partial charge is 0.382 e. The van der Waals surface area contributed by atoms with Crippen LogP contribution in [0.5, 0.6) is 0 Å². The lowest BCUT2D eigenvalue weighted by molar-refractivity contribution is -0.111. The number of ketones is 1. The van der Waals surface area contributed by atoms with Crippen molar-refractivity contribution in [3.8, 4) is 6.07 Å². The lowest BCUT2D eigenvalue weighted by atomic mass is 10.0. The molecular formula is C16H17BrF2N2O2. The second-order valence-corrected chi connectivity index (χ2v) is 5.94. The third-order valence-corrected chi connectivity index (χ3v) is 3.61. The molecule has 0 bridgehead atoms. The molecule has 1 unspecified atom stereocenters. The maximum absolute atomic E-state index is 12.2. The minimum Gasteiger partial charge on any atom is -0.382 e. The van der Waals surface area contributed by atoms with E-state index in [0.29, 0.717) is 10.9 Å². The van der Waals surface area contributed by atoms with Crippen LogP contribution in [0.2, 0.25) is 0 Å². The number of carbonyl (C=O) groups excluding carboxylic acids is 1. The smallest absolute Gasteiger partial charge is 0.261 e. The lowest BCUT2D eigenvalue weighted by Gasteiger charge is -2.20. The summed E-state index contributed by atoms with van der Waals surface area (Å²) in [5.74, 6) is -0.416. The van der Waals surface area contributed by atoms with Crippen LogP contribution in [-0.4, -0.2) is 43.9 Å². The second-order valence-electron chi connectivity index (χ2n) is 5.03. The fourth-order valence-electron chi connectivity index (χ4n) is 1.80. The topological polar surface area (TPSA) is 53.3 Å². The third kappa shape index (κ3) is 6.89. The van der Waals surface area contributed by atoms with Crippen LogP contribution in [0, 0.1) is 11.3 Å². The normalized spacial score (nSPS) is 18.7. The van der Waals surface area contributed by atoms with Crippen molar-refractivity contribution in [2.45, 2.75) is 19.0 Å². The van der Waals surface area contributed by atoms with Crippen molar-refractivity contribution in [1.29, 1.82) is 5.26 Å². The Morgan fingerprint density at radius 1 is 1.57 bits per heavy atom. The molecule has 0 heterocycles. The number of allylic oxidation sites excluding steroid dienone is 5. The molecule has 0 aromatic rings. The zero-order chi connectivity index (χ0) is 17.4. The average molecular weight is 387 g/mol. The zero-order valence-electron chi connectivity index (χ0n) is 12.8. The van der Waals surface area contributed by atoms with E-state index in [0.717, 1.165) is 5.57 Å². The van der Waals surface area contributed by atoms with Gasteiger partial charge in [-0.3, -0.25) is 4.79 Å². The number of nitrogens with zero attached hydrogens (tertiary/aromatic N) is 2. The highest BCUT2D eigenvalue weighted by molar-refractivity contribution is 9.11. The number of nitriles is 1. The molecule has 0 saturated carbocycles. The number of hydrogen-bond acceptors (Lipinski definition) is 4. The standard InChI is InChI=1S/C16H17BrF2N2O2/c1-21(2)9-12(8-20)14(22)6-4-11-3-5-13(17)15(7-11)23-10-16(18)19/h3-6,9,15-16H,7,10H2,1-2H3/b6-4+,12-9+. The summed E-state index contributed by atoms with van der Waals surface area (Å²) in [6.07, 6.45) is 5.09. The molecule has 23 heavy (non-hydrogen) atoms. The SMILES string of the molecule is CN(C)/C=C(\C#N)C(=O)/C=C/C1=CC=C(Br)C(OCC(F)F)C1. The molecule has 7 heteroatoms. The Kier molecular flexibility index (Phi) is 7.86. The highest BCUT2D eigenvalue weighted by Crippen LogP contribution is 2.27. The van der Waals surface area contributed by atoms with Crippen molar-refractivity contribution < 1.29 is 18.3 Å². The van der Waals surface area contributed by atoms with Gasteiger partial charge in [0.15, 0.2) is 5.78 Å². The summed E-state index contributed by atoms with van der Waals surface area (Å²) in [5.41, 5.74) is 0.771. The van der Waals surface area contributed by atoms with Crippen LogP contribution < -0.4 is 0 Å². The molecule has 1 atom stereocenters. The van der Waals surface area contributed by atoms with E-state index < -0.39 is 24.9 Å². The third-order valence-electron chi connectivity index (χ3n) is 2.83. The molecule has 4 nitrogen and oxygen atoms in total. The summed E-state index contributed by atoms with van der Waals surface area (Å²) in [5, 5.41) is 8.96. The highest BCUT2D eigenvalue weighted by Gasteiger charge is 2.19. The molecule has 124 valence electrons. The van der Waals surface area contributed by atoms with Crippen LogP contribution >= 0.6 is 15.9 Å². The van der Waals surface area contributed by atoms with E-state index in [1.54, 1.807) is 37.2 Å². The molecule has 0 fully saturated rings. The number of hydrogen-bond donors (Lipinski definition) is 0. The first-order valence-corrected chi connectivity index (χ1v) is 7.59. The fourth-order valence-corrected chi connectivity index (χ4v) is 2.23. The Morgan fingerprint density at radius 2 is 2.26 bits per heavy atom. The molecule has 0 N–H and O–H groups in total. The van der Waals surface area contributed by atoms with E-state index in [-0.39, 0.29) is 5.57 Å². The maximum atomic E-state index is 12.2. The van der Waals surface area contributed by atoms with Crippen LogP contribution in [0.1, 0.15) is 6.42 Å². The molecule has 0 aliphatic heterocycles. The van der Waals surface area contributed by atoms with Gasteiger partial charge < -0.3 is 9.64 Å². The van der Waals surface area contributed by atoms with Crippen molar-refractivity contribution in [3.05, 3.63) is 46.1 Å². The molecule has 0 aromatic carbocycles. The molecule has 0 radical (unpaired) electrons. The Hall–Kier alpha value is -1.78. The molecule has 0 spiro atoms. The van der Waals surface area contributed by atoms with Gasteiger partial charge in [-0.15, -0.1) is 0 Å².